The minimum Gasteiger partial charge on any atom is -0.508 e. The van der Waals surface area contributed by atoms with Gasteiger partial charge in [-0.15, -0.1) is 0 Å². The van der Waals surface area contributed by atoms with E-state index in [-0.39, 0.29) is 5.75 Å². The molecule has 1 N–H and O–H groups in total. The molecule has 0 saturated carbocycles. The van der Waals surface area contributed by atoms with E-state index in [0.717, 1.165) is 5.56 Å². The first-order chi connectivity index (χ1) is 7.16. The molecule has 0 amide bonds. The molecule has 76 valence electrons. The van der Waals surface area contributed by atoms with E-state index in [0.29, 0.717) is 15.7 Å². The van der Waals surface area contributed by atoms with Crippen LogP contribution in [-0.4, -0.2) is 10.1 Å². The van der Waals surface area contributed by atoms with Gasteiger partial charge in [0.15, 0.2) is 0 Å². The fraction of sp³-hybridized carbons (Fsp3) is 0. The van der Waals surface area contributed by atoms with Gasteiger partial charge in [-0.25, -0.2) is 0 Å². The van der Waals surface area contributed by atoms with Crippen LogP contribution in [-0.2, 0) is 0 Å². The maximum Gasteiger partial charge on any atom is 0.115 e. The smallest absolute Gasteiger partial charge is 0.115 e. The molecule has 2 nitrogen and oxygen atoms in total. The largest absolute Gasteiger partial charge is 0.508 e. The molecule has 2 rings (SSSR count). The lowest BCUT2D eigenvalue weighted by Gasteiger charge is -2.03. The number of hydrogen-bond acceptors (Lipinski definition) is 2. The Kier molecular flexibility index (Phi) is 2.80. The maximum absolute atomic E-state index is 9.14. The van der Waals surface area contributed by atoms with Crippen LogP contribution < -0.4 is 0 Å². The topological polar surface area (TPSA) is 33.1 Å². The first-order valence-corrected chi connectivity index (χ1v) is 5.03. The van der Waals surface area contributed by atoms with E-state index >= 15 is 0 Å². The van der Waals surface area contributed by atoms with E-state index in [1.807, 2.05) is 0 Å². The SMILES string of the molecule is Oc1ccc(-c2ncc(Cl)cc2Cl)cc1. The lowest BCUT2D eigenvalue weighted by molar-refractivity contribution is 0.475. The number of aromatic nitrogens is 1. The van der Waals surface area contributed by atoms with E-state index < -0.39 is 0 Å². The average molecular weight is 240 g/mol. The second kappa shape index (κ2) is 4.09. The van der Waals surface area contributed by atoms with Crippen LogP contribution >= 0.6 is 23.2 Å². The molecule has 2 aromatic rings. The van der Waals surface area contributed by atoms with Crippen LogP contribution in [0.5, 0.6) is 5.75 Å². The number of phenols is 1. The summed E-state index contributed by atoms with van der Waals surface area (Å²) < 4.78 is 0. The molecule has 15 heavy (non-hydrogen) atoms. The van der Waals surface area contributed by atoms with Gasteiger partial charge in [0.2, 0.25) is 0 Å². The first kappa shape index (κ1) is 10.3. The molecule has 0 fully saturated rings. The Morgan fingerprint density at radius 1 is 1.07 bits per heavy atom. The van der Waals surface area contributed by atoms with Crippen molar-refractivity contribution in [1.82, 2.24) is 4.98 Å². The minimum atomic E-state index is 0.212. The van der Waals surface area contributed by atoms with Crippen molar-refractivity contribution in [1.29, 1.82) is 0 Å². The summed E-state index contributed by atoms with van der Waals surface area (Å²) in [6, 6.07) is 8.30. The van der Waals surface area contributed by atoms with Gasteiger partial charge in [-0.2, -0.15) is 0 Å². The molecule has 0 radical (unpaired) electrons. The number of benzene rings is 1. The van der Waals surface area contributed by atoms with Crippen molar-refractivity contribution in [3.05, 3.63) is 46.6 Å². The van der Waals surface area contributed by atoms with Gasteiger partial charge in [0.1, 0.15) is 5.75 Å². The van der Waals surface area contributed by atoms with Gasteiger partial charge in [-0.05, 0) is 30.3 Å². The van der Waals surface area contributed by atoms with E-state index in [4.69, 9.17) is 28.3 Å². The van der Waals surface area contributed by atoms with Crippen LogP contribution in [0, 0.1) is 0 Å². The standard InChI is InChI=1S/C11H7Cl2NO/c12-8-5-10(13)11(14-6-8)7-1-3-9(15)4-2-7/h1-6,15H. The third kappa shape index (κ3) is 2.22. The number of phenolic OH excluding ortho intramolecular Hbond substituents is 1. The summed E-state index contributed by atoms with van der Waals surface area (Å²) >= 11 is 11.7. The summed E-state index contributed by atoms with van der Waals surface area (Å²) in [5.41, 5.74) is 1.50. The molecule has 0 bridgehead atoms. The zero-order chi connectivity index (χ0) is 10.8. The highest BCUT2D eigenvalue weighted by atomic mass is 35.5. The second-order valence-electron chi connectivity index (χ2n) is 3.03. The average Bonchev–Trinajstić information content (AvgIpc) is 2.20. The van der Waals surface area contributed by atoms with Crippen molar-refractivity contribution in [2.24, 2.45) is 0 Å². The van der Waals surface area contributed by atoms with E-state index in [1.165, 1.54) is 6.20 Å². The number of rotatable bonds is 1. The fourth-order valence-electron chi connectivity index (χ4n) is 1.25. The Labute approximate surface area is 97.1 Å². The number of hydrogen-bond donors (Lipinski definition) is 1. The van der Waals surface area contributed by atoms with Gasteiger partial charge in [0.25, 0.3) is 0 Å². The summed E-state index contributed by atoms with van der Waals surface area (Å²) in [7, 11) is 0. The molecular formula is C11H7Cl2NO. The number of nitrogens with zero attached hydrogens (tertiary/aromatic N) is 1. The number of halogens is 2. The van der Waals surface area contributed by atoms with E-state index in [2.05, 4.69) is 4.98 Å². The predicted octanol–water partition coefficient (Wildman–Crippen LogP) is 3.76. The van der Waals surface area contributed by atoms with Gasteiger partial charge in [-0.3, -0.25) is 4.98 Å². The van der Waals surface area contributed by atoms with Gasteiger partial charge < -0.3 is 5.11 Å². The predicted molar refractivity (Wildman–Crippen MR) is 61.4 cm³/mol. The Balaban J connectivity index is 2.49. The molecule has 4 heteroatoms. The van der Waals surface area contributed by atoms with Gasteiger partial charge in [0, 0.05) is 11.8 Å². The Morgan fingerprint density at radius 2 is 1.73 bits per heavy atom. The van der Waals surface area contributed by atoms with Gasteiger partial charge in [-0.1, -0.05) is 23.2 Å². The molecule has 0 aliphatic carbocycles. The molecular weight excluding hydrogens is 233 g/mol. The quantitative estimate of drug-likeness (QED) is 0.823. The van der Waals surface area contributed by atoms with Crippen molar-refractivity contribution < 1.29 is 5.11 Å². The fourth-order valence-corrected chi connectivity index (χ4v) is 1.74. The van der Waals surface area contributed by atoms with Crippen molar-refractivity contribution in [3.63, 3.8) is 0 Å². The Bertz CT molecular complexity index is 482. The minimum absolute atomic E-state index is 0.212. The highest BCUT2D eigenvalue weighted by Gasteiger charge is 2.05. The van der Waals surface area contributed by atoms with Crippen molar-refractivity contribution in [2.75, 3.05) is 0 Å². The molecule has 1 aromatic heterocycles. The van der Waals surface area contributed by atoms with Crippen molar-refractivity contribution in [3.8, 4) is 17.0 Å². The normalized spacial score (nSPS) is 10.3. The van der Waals surface area contributed by atoms with Crippen LogP contribution in [0.15, 0.2) is 36.5 Å². The van der Waals surface area contributed by atoms with E-state index in [9.17, 15) is 0 Å². The van der Waals surface area contributed by atoms with Crippen molar-refractivity contribution in [2.45, 2.75) is 0 Å². The first-order valence-electron chi connectivity index (χ1n) is 4.27. The van der Waals surface area contributed by atoms with Crippen LogP contribution in [0.1, 0.15) is 0 Å². The lowest BCUT2D eigenvalue weighted by Crippen LogP contribution is -1.84. The second-order valence-corrected chi connectivity index (χ2v) is 3.87. The third-order valence-electron chi connectivity index (χ3n) is 1.95. The molecule has 0 unspecified atom stereocenters. The molecule has 0 saturated heterocycles. The molecule has 1 aromatic carbocycles. The van der Waals surface area contributed by atoms with Crippen LogP contribution in [0.3, 0.4) is 0 Å². The zero-order valence-corrected chi connectivity index (χ0v) is 9.13. The summed E-state index contributed by atoms with van der Waals surface area (Å²) in [4.78, 5) is 4.13. The summed E-state index contributed by atoms with van der Waals surface area (Å²) in [5, 5.41) is 10.1. The van der Waals surface area contributed by atoms with E-state index in [1.54, 1.807) is 30.3 Å². The molecule has 0 aliphatic rings. The van der Waals surface area contributed by atoms with Gasteiger partial charge >= 0.3 is 0 Å². The summed E-state index contributed by atoms with van der Waals surface area (Å²) in [5.74, 6) is 0.212. The number of pyridine rings is 1. The summed E-state index contributed by atoms with van der Waals surface area (Å²) in [6.07, 6.45) is 1.54. The highest BCUT2D eigenvalue weighted by molar-refractivity contribution is 6.36. The Hall–Kier alpha value is -1.25. The van der Waals surface area contributed by atoms with Crippen LogP contribution in [0.4, 0.5) is 0 Å². The number of aromatic hydroxyl groups is 1. The molecule has 0 aliphatic heterocycles. The Morgan fingerprint density at radius 3 is 2.33 bits per heavy atom. The molecule has 1 heterocycles. The maximum atomic E-state index is 9.14. The monoisotopic (exact) mass is 239 g/mol. The van der Waals surface area contributed by atoms with Crippen molar-refractivity contribution >= 4 is 23.2 Å². The molecule has 0 atom stereocenters. The third-order valence-corrected chi connectivity index (χ3v) is 2.44. The zero-order valence-electron chi connectivity index (χ0n) is 7.61. The van der Waals surface area contributed by atoms with Crippen LogP contribution in [0.25, 0.3) is 11.3 Å². The van der Waals surface area contributed by atoms with Gasteiger partial charge in [0.05, 0.1) is 15.7 Å². The molecule has 0 spiro atoms. The highest BCUT2D eigenvalue weighted by Crippen LogP contribution is 2.28. The van der Waals surface area contributed by atoms with Crippen LogP contribution in [0.2, 0.25) is 10.0 Å². The lowest BCUT2D eigenvalue weighted by atomic mass is 10.1. The summed E-state index contributed by atoms with van der Waals surface area (Å²) in [6.45, 7) is 0.